The molecule has 1 heterocycles. The van der Waals surface area contributed by atoms with Crippen LogP contribution in [-0.4, -0.2) is 21.3 Å². The van der Waals surface area contributed by atoms with Crippen molar-refractivity contribution in [3.05, 3.63) is 27.5 Å². The molecule has 0 spiro atoms. The minimum atomic E-state index is -0.275. The van der Waals surface area contributed by atoms with Crippen LogP contribution >= 0.6 is 0 Å². The van der Waals surface area contributed by atoms with Gasteiger partial charge in [0.05, 0.1) is 0 Å². The molecule has 1 rings (SSSR count). The number of H-pyrrole nitrogens is 1. The van der Waals surface area contributed by atoms with Crippen LogP contribution in [0.1, 0.15) is 11.1 Å². The van der Waals surface area contributed by atoms with E-state index in [9.17, 15) is 4.79 Å². The van der Waals surface area contributed by atoms with Gasteiger partial charge in [-0.05, 0) is 18.6 Å². The first-order valence-electron chi connectivity index (χ1n) is 3.26. The van der Waals surface area contributed by atoms with E-state index in [2.05, 4.69) is 4.98 Å². The molecular formula is C7H7AlN2O. The SMILES string of the molecule is Cc1cc(C#N)c(=O)[nH][c]1[AlH2]. The van der Waals surface area contributed by atoms with E-state index in [1.165, 1.54) is 0 Å². The summed E-state index contributed by atoms with van der Waals surface area (Å²) in [6, 6.07) is 3.46. The first kappa shape index (κ1) is 8.07. The molecule has 0 aliphatic rings. The first-order valence-corrected chi connectivity index (χ1v) is 4.26. The summed E-state index contributed by atoms with van der Waals surface area (Å²) in [5, 5.41) is 8.48. The Labute approximate surface area is 72.1 Å². The Morgan fingerprint density at radius 1 is 1.73 bits per heavy atom. The molecular weight excluding hydrogens is 155 g/mol. The summed E-state index contributed by atoms with van der Waals surface area (Å²) in [6.45, 7) is 1.89. The van der Waals surface area contributed by atoms with Crippen molar-refractivity contribution >= 4 is 20.8 Å². The minimum absolute atomic E-state index is 0.196. The van der Waals surface area contributed by atoms with Crippen molar-refractivity contribution in [2.75, 3.05) is 0 Å². The Bertz CT molecular complexity index is 375. The van der Waals surface area contributed by atoms with Crippen molar-refractivity contribution in [2.45, 2.75) is 6.92 Å². The molecule has 0 amide bonds. The fourth-order valence-corrected chi connectivity index (χ4v) is 1.18. The Kier molecular flexibility index (Phi) is 2.14. The predicted molar refractivity (Wildman–Crippen MR) is 44.7 cm³/mol. The number of aromatic nitrogens is 1. The fraction of sp³-hybridized carbons (Fsp3) is 0.143. The highest BCUT2D eigenvalue weighted by Gasteiger charge is 1.99. The van der Waals surface area contributed by atoms with Crippen LogP contribution in [0.2, 0.25) is 0 Å². The maximum absolute atomic E-state index is 11.0. The Hall–Kier alpha value is -1.03. The molecule has 0 unspecified atom stereocenters. The molecule has 1 aromatic heterocycles. The third kappa shape index (κ3) is 1.51. The summed E-state index contributed by atoms with van der Waals surface area (Å²) in [4.78, 5) is 13.6. The highest BCUT2D eigenvalue weighted by Crippen LogP contribution is 1.90. The van der Waals surface area contributed by atoms with E-state index >= 15 is 0 Å². The lowest BCUT2D eigenvalue weighted by molar-refractivity contribution is 1.22. The van der Waals surface area contributed by atoms with E-state index in [1.54, 1.807) is 6.07 Å². The second kappa shape index (κ2) is 2.92. The lowest BCUT2D eigenvalue weighted by Crippen LogP contribution is -2.24. The number of aryl methyl sites for hydroxylation is 1. The molecule has 1 aromatic rings. The summed E-state index contributed by atoms with van der Waals surface area (Å²) < 4.78 is 0.953. The number of rotatable bonds is 0. The zero-order chi connectivity index (χ0) is 8.43. The molecule has 0 bridgehead atoms. The monoisotopic (exact) mass is 162 g/mol. The summed E-state index contributed by atoms with van der Waals surface area (Å²) >= 11 is 0.810. The van der Waals surface area contributed by atoms with Gasteiger partial charge in [-0.25, -0.2) is 0 Å². The quantitative estimate of drug-likeness (QED) is 0.488. The lowest BCUT2D eigenvalue weighted by Gasteiger charge is -1.98. The lowest BCUT2D eigenvalue weighted by atomic mass is 10.2. The van der Waals surface area contributed by atoms with E-state index < -0.39 is 0 Å². The van der Waals surface area contributed by atoms with Gasteiger partial charge >= 0.3 is 0 Å². The van der Waals surface area contributed by atoms with E-state index in [-0.39, 0.29) is 11.1 Å². The van der Waals surface area contributed by atoms with Gasteiger partial charge in [0, 0.05) is 0 Å². The number of aromatic amines is 1. The predicted octanol–water partition coefficient (Wildman–Crippen LogP) is -1.19. The van der Waals surface area contributed by atoms with E-state index in [4.69, 9.17) is 5.26 Å². The molecule has 0 aliphatic heterocycles. The highest BCUT2D eigenvalue weighted by molar-refractivity contribution is 6.31. The van der Waals surface area contributed by atoms with Crippen molar-refractivity contribution in [1.29, 1.82) is 5.26 Å². The number of nitrogens with zero attached hydrogens (tertiary/aromatic N) is 1. The van der Waals surface area contributed by atoms with Crippen molar-refractivity contribution in [2.24, 2.45) is 0 Å². The van der Waals surface area contributed by atoms with Gasteiger partial charge in [-0.2, -0.15) is 5.26 Å². The highest BCUT2D eigenvalue weighted by atomic mass is 27.0. The zero-order valence-corrected chi connectivity index (χ0v) is 8.43. The largest absolute Gasteiger partial charge is 0.342 e. The molecule has 0 saturated carbocycles. The zero-order valence-electron chi connectivity index (χ0n) is 6.43. The number of pyridine rings is 1. The first-order chi connectivity index (χ1) is 5.15. The van der Waals surface area contributed by atoms with Crippen LogP contribution < -0.4 is 10.1 Å². The molecule has 0 radical (unpaired) electrons. The third-order valence-electron chi connectivity index (χ3n) is 1.62. The van der Waals surface area contributed by atoms with Crippen LogP contribution in [0.25, 0.3) is 0 Å². The Balaban J connectivity index is 3.48. The maximum Gasteiger partial charge on any atom is 0.286 e. The van der Waals surface area contributed by atoms with Crippen LogP contribution in [0, 0.1) is 18.3 Å². The minimum Gasteiger partial charge on any atom is -0.342 e. The molecule has 1 N–H and O–H groups in total. The number of nitrogens with one attached hydrogen (secondary N) is 1. The molecule has 0 aliphatic carbocycles. The van der Waals surface area contributed by atoms with Crippen LogP contribution in [0.15, 0.2) is 10.9 Å². The van der Waals surface area contributed by atoms with Gasteiger partial charge < -0.3 is 4.98 Å². The standard InChI is InChI=1S/C7H5N2O.Al.2H/c1-5-2-6(3-8)7(10)9-4-5;;;/h2H,1H3,(H,9,10);;;. The third-order valence-corrected chi connectivity index (χ3v) is 2.66. The van der Waals surface area contributed by atoms with Crippen LogP contribution in [-0.2, 0) is 0 Å². The maximum atomic E-state index is 11.0. The van der Waals surface area contributed by atoms with Gasteiger partial charge in [0.25, 0.3) is 21.8 Å². The van der Waals surface area contributed by atoms with Crippen LogP contribution in [0.4, 0.5) is 0 Å². The van der Waals surface area contributed by atoms with E-state index in [1.807, 2.05) is 13.0 Å². The number of hydrogen-bond donors (Lipinski definition) is 1. The van der Waals surface area contributed by atoms with Gasteiger partial charge in [-0.15, -0.1) is 0 Å². The summed E-state index contributed by atoms with van der Waals surface area (Å²) in [7, 11) is 0. The molecule has 54 valence electrons. The molecule has 0 fully saturated rings. The van der Waals surface area contributed by atoms with Crippen molar-refractivity contribution < 1.29 is 0 Å². The van der Waals surface area contributed by atoms with Gasteiger partial charge in [0.1, 0.15) is 11.6 Å². The van der Waals surface area contributed by atoms with Gasteiger partial charge in [0.2, 0.25) is 0 Å². The van der Waals surface area contributed by atoms with Gasteiger partial charge in [-0.1, -0.05) is 4.56 Å². The van der Waals surface area contributed by atoms with Crippen molar-refractivity contribution in [1.82, 2.24) is 4.98 Å². The summed E-state index contributed by atoms with van der Waals surface area (Å²) in [6.07, 6.45) is 0. The van der Waals surface area contributed by atoms with E-state index in [0.717, 1.165) is 26.4 Å². The van der Waals surface area contributed by atoms with Gasteiger partial charge in [-0.3, -0.25) is 4.79 Å². The molecule has 0 atom stereocenters. The van der Waals surface area contributed by atoms with Gasteiger partial charge in [0.15, 0.2) is 0 Å². The van der Waals surface area contributed by atoms with Crippen molar-refractivity contribution in [3.63, 3.8) is 0 Å². The second-order valence-electron chi connectivity index (χ2n) is 2.43. The van der Waals surface area contributed by atoms with Crippen molar-refractivity contribution in [3.8, 4) is 6.07 Å². The Morgan fingerprint density at radius 3 is 2.91 bits per heavy atom. The smallest absolute Gasteiger partial charge is 0.286 e. The normalized spacial score (nSPS) is 9.09. The average Bonchev–Trinajstić information content (AvgIpc) is 1.97. The summed E-state index contributed by atoms with van der Waals surface area (Å²) in [5.41, 5.74) is 0.915. The topological polar surface area (TPSA) is 56.6 Å². The molecule has 0 aromatic carbocycles. The molecule has 0 saturated heterocycles. The summed E-state index contributed by atoms with van der Waals surface area (Å²) in [5.74, 6) is 0. The van der Waals surface area contributed by atoms with Crippen LogP contribution in [0.5, 0.6) is 0 Å². The average molecular weight is 162 g/mol. The Morgan fingerprint density at radius 2 is 2.36 bits per heavy atom. The molecule has 4 heteroatoms. The number of nitriles is 1. The van der Waals surface area contributed by atoms with E-state index in [0.29, 0.717) is 0 Å². The molecule has 3 nitrogen and oxygen atoms in total. The fourth-order valence-electron chi connectivity index (χ4n) is 0.810. The van der Waals surface area contributed by atoms with Crippen LogP contribution in [0.3, 0.4) is 0 Å². The second-order valence-corrected chi connectivity index (χ2v) is 3.43. The number of hydrogen-bond acceptors (Lipinski definition) is 2. The molecule has 11 heavy (non-hydrogen) atoms.